The summed E-state index contributed by atoms with van der Waals surface area (Å²) in [5, 5.41) is 8.38. The molecule has 0 aromatic heterocycles. The first-order valence-electron chi connectivity index (χ1n) is 39.5. The molecular formula is C71H153F3NNaO22SSi11. The zero-order chi connectivity index (χ0) is 85.9. The molecule has 0 heterocycles. The van der Waals surface area contributed by atoms with Crippen LogP contribution < -0.4 is 29.6 Å². The van der Waals surface area contributed by atoms with Gasteiger partial charge in [-0.2, -0.15) is 13.2 Å². The number of esters is 4. The molecule has 4 fully saturated rings. The number of amides is 1. The fourth-order valence-electron chi connectivity index (χ4n) is 14.5. The van der Waals surface area contributed by atoms with Crippen LogP contribution in [0.5, 0.6) is 0 Å². The van der Waals surface area contributed by atoms with E-state index >= 15 is 0 Å². The molecule has 4 saturated carbocycles. The van der Waals surface area contributed by atoms with E-state index < -0.39 is 148 Å². The van der Waals surface area contributed by atoms with E-state index in [1.54, 1.807) is 13.8 Å². The molecular weight excluding hydrogens is 1640 g/mol. The number of unbranched alkanes of at least 4 members (excludes halogenated alkanes) is 1. The smallest absolute Gasteiger partial charge is 0.538 e. The third-order valence-corrected chi connectivity index (χ3v) is 61.7. The number of rotatable bonds is 43. The summed E-state index contributed by atoms with van der Waals surface area (Å²) in [6.07, 6.45) is 10.9. The molecule has 0 aromatic rings. The summed E-state index contributed by atoms with van der Waals surface area (Å²) in [4.78, 5) is 60.2. The fraction of sp³-hybridized carbons (Fsp3) is 0.930. The summed E-state index contributed by atoms with van der Waals surface area (Å²) in [7, 11) is -33.5. The third-order valence-electron chi connectivity index (χ3n) is 19.1. The Morgan fingerprint density at radius 2 is 0.836 bits per heavy atom. The normalized spacial score (nSPS) is 19.7. The average molecular weight is 1790 g/mol. The number of alkyl halides is 3. The molecule has 0 spiro atoms. The number of carbonyl (C=O) groups is 5. The van der Waals surface area contributed by atoms with Crippen LogP contribution in [0.2, 0.25) is 157 Å². The second kappa shape index (κ2) is 44.0. The van der Waals surface area contributed by atoms with Crippen LogP contribution in [0.25, 0.3) is 4.72 Å². The van der Waals surface area contributed by atoms with Gasteiger partial charge in [-0.05, 0) is 293 Å². The number of carbonyl (C=O) groups excluding carboxylic acids is 5. The Morgan fingerprint density at radius 3 is 1.15 bits per heavy atom. The van der Waals surface area contributed by atoms with Crippen molar-refractivity contribution in [3.8, 4) is 0 Å². The Kier molecular flexibility index (Phi) is 44.9. The molecule has 0 aromatic carbocycles. The second-order valence-electron chi connectivity index (χ2n) is 37.8. The number of sulfonamides is 1. The van der Waals surface area contributed by atoms with Gasteiger partial charge in [0.2, 0.25) is 0 Å². The zero-order valence-electron chi connectivity index (χ0n) is 75.5. The molecule has 4 aliphatic carbocycles. The first kappa shape index (κ1) is 112. The topological polar surface area (TPSA) is 283 Å². The van der Waals surface area contributed by atoms with Crippen molar-refractivity contribution in [3.05, 3.63) is 4.72 Å². The maximum Gasteiger partial charge on any atom is 1.00 e. The minimum Gasteiger partial charge on any atom is -0.538 e. The van der Waals surface area contributed by atoms with E-state index in [0.717, 1.165) is 44.6 Å². The van der Waals surface area contributed by atoms with Crippen LogP contribution in [0.3, 0.4) is 0 Å². The number of nitrogens with zero attached hydrogens (tertiary/aromatic N) is 1. The Bertz CT molecular complexity index is 2980. The first-order chi connectivity index (χ1) is 48.6. The van der Waals surface area contributed by atoms with Crippen molar-refractivity contribution >= 4 is 133 Å². The van der Waals surface area contributed by atoms with Crippen LogP contribution >= 0.6 is 0 Å². The number of halogens is 3. The van der Waals surface area contributed by atoms with E-state index in [4.69, 9.17) is 65.2 Å². The van der Waals surface area contributed by atoms with Crippen LogP contribution in [-0.4, -0.2) is 175 Å². The molecule has 110 heavy (non-hydrogen) atoms. The van der Waals surface area contributed by atoms with Gasteiger partial charge in [0, 0.05) is 5.41 Å². The summed E-state index contributed by atoms with van der Waals surface area (Å²) in [6.45, 7) is 74.4. The number of aliphatic hydroxyl groups is 1. The van der Waals surface area contributed by atoms with E-state index in [0.29, 0.717) is 38.4 Å². The first-order valence-corrected chi connectivity index (χ1v) is 72.9. The molecule has 1 N–H and O–H groups in total. The van der Waals surface area contributed by atoms with Gasteiger partial charge in [0.1, 0.15) is 12.2 Å². The van der Waals surface area contributed by atoms with Gasteiger partial charge in [0.15, 0.2) is 26.7 Å². The summed E-state index contributed by atoms with van der Waals surface area (Å²) in [6, 6.07) is 0.872. The summed E-state index contributed by atoms with van der Waals surface area (Å²) in [5.41, 5.74) is -9.45. The standard InChI is InChI=1S/C32H86O12Si11.C18H26F3NO5S.C13H26O2.C8H16O3.Na/c1-27-32(2,3)31(33)34-29-28-30-46(7,8)36-48(11,12)38-50(15,16)40-52(19,20)42-54(23,24)44-55(25,26)43-53(21,22)41-51(17,18)39-49(13,14)37-47(9,10)35-45(4,5)6;1-4-15(2,3)14(24)27-17-8-11-5-12(9-17)7-16(6-11,10-17)13(23)22-28(25,26)18(19,20)21;1-5-8-9-12(7-3)10-15-13(14)11(4)6-2;1-4-8(2,3)7(10)11-6-5-9;/h27-30H2,1-26H3;11-12H,4-10H2,1-3H3,(H,22,23);11-12H,5-10H2,1-4H3;9H,4-6H2,1-3H3;/q;;;;+1/p-1. The molecule has 1 amide bonds. The molecule has 4 rings (SSSR count). The summed E-state index contributed by atoms with van der Waals surface area (Å²) in [5.74, 6) is -1.46. The number of hydrogen-bond donors (Lipinski definition) is 1. The van der Waals surface area contributed by atoms with Crippen LogP contribution in [0.4, 0.5) is 13.2 Å². The third kappa shape index (κ3) is 42.3. The number of aliphatic hydroxyl groups excluding tert-OH is 1. The average Bonchev–Trinajstić information content (AvgIpc) is 0.713. The van der Waals surface area contributed by atoms with Crippen molar-refractivity contribution in [2.75, 3.05) is 26.4 Å². The molecule has 39 heteroatoms. The quantitative estimate of drug-likeness (QED) is 0.0257. The van der Waals surface area contributed by atoms with Crippen molar-refractivity contribution < 1.29 is 140 Å². The number of hydrogen-bond acceptors (Lipinski definition) is 22. The predicted molar refractivity (Wildman–Crippen MR) is 453 cm³/mol. The van der Waals surface area contributed by atoms with Gasteiger partial charge >= 0.3 is 136 Å². The van der Waals surface area contributed by atoms with Crippen LogP contribution in [0, 0.1) is 45.3 Å². The van der Waals surface area contributed by atoms with Crippen molar-refractivity contribution in [2.24, 2.45) is 45.3 Å². The van der Waals surface area contributed by atoms with Gasteiger partial charge in [0.05, 0.1) is 47.9 Å². The SMILES string of the molecule is CCC(C)(C)C(=O)OC12CC3CC(C1)CC(C(=O)[N-]S(=O)(=O)C(F)(F)F)(C3)C2.CCC(C)(C)C(=O)OCCC[Si](C)(C)O[Si](C)(C)O[Si](C)(C)O[Si](C)(C)O[Si](C)(C)O[Si](C)(C)O[Si](C)(C)O[Si](C)(C)O[Si](C)(C)O[Si](C)(C)O[Si](C)(C)C.CCC(C)(C)C(=O)OCCO.CCCCC(CC)COC(=O)C(C)CC.[Na+]. The molecule has 23 nitrogen and oxygen atoms in total. The number of ether oxygens (including phenoxy) is 4. The summed E-state index contributed by atoms with van der Waals surface area (Å²) >= 11 is 0. The molecule has 0 saturated heterocycles. The second-order valence-corrected chi connectivity index (χ2v) is 81.0. The Labute approximate surface area is 698 Å². The zero-order valence-corrected chi connectivity index (χ0v) is 89.3. The maximum absolute atomic E-state index is 12.7. The van der Waals surface area contributed by atoms with Gasteiger partial charge in [0.25, 0.3) is 0 Å². The minimum absolute atomic E-state index is 0. The Balaban J connectivity index is 0. The molecule has 4 aliphatic rings. The van der Waals surface area contributed by atoms with Crippen molar-refractivity contribution in [3.63, 3.8) is 0 Å². The molecule has 0 aliphatic heterocycles. The van der Waals surface area contributed by atoms with Crippen molar-refractivity contribution in [1.82, 2.24) is 0 Å². The van der Waals surface area contributed by atoms with E-state index in [-0.39, 0.29) is 97.7 Å². The fourth-order valence-corrected chi connectivity index (χ4v) is 70.4. The van der Waals surface area contributed by atoms with E-state index in [1.165, 1.54) is 19.3 Å². The van der Waals surface area contributed by atoms with E-state index in [2.05, 4.69) is 169 Å². The van der Waals surface area contributed by atoms with E-state index in [1.807, 2.05) is 62.3 Å². The Morgan fingerprint density at radius 1 is 0.491 bits per heavy atom. The monoisotopic (exact) mass is 1790 g/mol. The molecule has 4 bridgehead atoms. The minimum atomic E-state index is -5.89. The predicted octanol–water partition coefficient (Wildman–Crippen LogP) is 16.7. The largest absolute Gasteiger partial charge is 1.00 e. The van der Waals surface area contributed by atoms with Gasteiger partial charge < -0.3 is 74.7 Å². The van der Waals surface area contributed by atoms with Crippen molar-refractivity contribution in [2.45, 2.75) is 354 Å². The van der Waals surface area contributed by atoms with Gasteiger partial charge in [-0.15, -0.1) is 0 Å². The molecule has 4 unspecified atom stereocenters. The van der Waals surface area contributed by atoms with Gasteiger partial charge in [-0.1, -0.05) is 67.7 Å². The van der Waals surface area contributed by atoms with Crippen LogP contribution in [0.15, 0.2) is 0 Å². The molecule has 0 radical (unpaired) electrons. The van der Waals surface area contributed by atoms with Crippen molar-refractivity contribution in [1.29, 1.82) is 0 Å². The molecule has 646 valence electrons. The molecule has 4 atom stereocenters. The van der Waals surface area contributed by atoms with Crippen LogP contribution in [-0.2, 0) is 94.1 Å². The van der Waals surface area contributed by atoms with Gasteiger partial charge in [-0.25, -0.2) is 8.42 Å². The summed E-state index contributed by atoms with van der Waals surface area (Å²) < 4.78 is 152. The van der Waals surface area contributed by atoms with Gasteiger partial charge in [-0.3, -0.25) is 19.2 Å². The van der Waals surface area contributed by atoms with Crippen LogP contribution in [0.1, 0.15) is 186 Å². The van der Waals surface area contributed by atoms with E-state index in [9.17, 15) is 45.6 Å². The Hall–Kier alpha value is 0.0357. The maximum atomic E-state index is 12.7.